The molecular formula is C15H20N2O4. The number of aliphatic hydroxyl groups is 1. The van der Waals surface area contributed by atoms with Gasteiger partial charge in [-0.3, -0.25) is 0 Å². The molecule has 1 aliphatic heterocycles. The van der Waals surface area contributed by atoms with Gasteiger partial charge in [0.25, 0.3) is 0 Å². The van der Waals surface area contributed by atoms with E-state index in [0.29, 0.717) is 12.1 Å². The van der Waals surface area contributed by atoms with Crippen LogP contribution in [-0.2, 0) is 0 Å². The van der Waals surface area contributed by atoms with Crippen LogP contribution in [0.25, 0.3) is 0 Å². The minimum absolute atomic E-state index is 0.0942. The van der Waals surface area contributed by atoms with Crippen molar-refractivity contribution in [2.75, 3.05) is 18.4 Å². The zero-order valence-corrected chi connectivity index (χ0v) is 12.2. The Labute approximate surface area is 123 Å². The minimum atomic E-state index is -1.07. The van der Waals surface area contributed by atoms with Gasteiger partial charge in [0.15, 0.2) is 0 Å². The van der Waals surface area contributed by atoms with Crippen LogP contribution in [0.4, 0.5) is 10.5 Å². The van der Waals surface area contributed by atoms with Gasteiger partial charge in [-0.05, 0) is 30.9 Å². The molecule has 0 aliphatic carbocycles. The molecule has 6 nitrogen and oxygen atoms in total. The summed E-state index contributed by atoms with van der Waals surface area (Å²) in [4.78, 5) is 25.0. The second-order valence-corrected chi connectivity index (χ2v) is 5.51. The average molecular weight is 292 g/mol. The molecule has 1 heterocycles. The van der Waals surface area contributed by atoms with Gasteiger partial charge in [0.2, 0.25) is 0 Å². The van der Waals surface area contributed by atoms with Crippen LogP contribution in [0.1, 0.15) is 29.3 Å². The second kappa shape index (κ2) is 6.13. The fraction of sp³-hybridized carbons (Fsp3) is 0.467. The SMILES string of the molecule is Cc1cccc(NC(=O)N2CCC(C)C(O)C2)c1C(=O)O. The number of hydrogen-bond donors (Lipinski definition) is 3. The van der Waals surface area contributed by atoms with Crippen molar-refractivity contribution in [3.63, 3.8) is 0 Å². The molecule has 2 unspecified atom stereocenters. The number of aromatic carboxylic acids is 1. The monoisotopic (exact) mass is 292 g/mol. The number of carbonyl (C=O) groups is 2. The summed E-state index contributed by atoms with van der Waals surface area (Å²) in [6.45, 7) is 4.45. The molecule has 6 heteroatoms. The molecule has 0 aromatic heterocycles. The summed E-state index contributed by atoms with van der Waals surface area (Å²) in [6, 6.07) is 4.57. The van der Waals surface area contributed by atoms with E-state index in [0.717, 1.165) is 6.42 Å². The molecule has 2 amide bonds. The molecule has 0 radical (unpaired) electrons. The van der Waals surface area contributed by atoms with Crippen molar-refractivity contribution >= 4 is 17.7 Å². The maximum absolute atomic E-state index is 12.2. The summed E-state index contributed by atoms with van der Waals surface area (Å²) in [5.74, 6) is -0.904. The summed E-state index contributed by atoms with van der Waals surface area (Å²) in [7, 11) is 0. The van der Waals surface area contributed by atoms with Crippen LogP contribution in [0, 0.1) is 12.8 Å². The normalized spacial score (nSPS) is 22.0. The molecule has 1 saturated heterocycles. The highest BCUT2D eigenvalue weighted by Crippen LogP contribution is 2.22. The summed E-state index contributed by atoms with van der Waals surface area (Å²) in [5.41, 5.74) is 0.963. The van der Waals surface area contributed by atoms with E-state index in [2.05, 4.69) is 5.32 Å². The first-order valence-corrected chi connectivity index (χ1v) is 6.97. The fourth-order valence-electron chi connectivity index (χ4n) is 2.48. The lowest BCUT2D eigenvalue weighted by molar-refractivity contribution is 0.0463. The number of anilines is 1. The van der Waals surface area contributed by atoms with Crippen LogP contribution < -0.4 is 5.32 Å². The lowest BCUT2D eigenvalue weighted by Gasteiger charge is -2.34. The lowest BCUT2D eigenvalue weighted by atomic mass is 9.96. The Hall–Kier alpha value is -2.08. The molecule has 1 aromatic rings. The van der Waals surface area contributed by atoms with Gasteiger partial charge in [-0.1, -0.05) is 19.1 Å². The van der Waals surface area contributed by atoms with Crippen molar-refractivity contribution in [3.05, 3.63) is 29.3 Å². The Morgan fingerprint density at radius 1 is 1.38 bits per heavy atom. The van der Waals surface area contributed by atoms with E-state index in [1.807, 2.05) is 6.92 Å². The summed E-state index contributed by atoms with van der Waals surface area (Å²) >= 11 is 0. The Morgan fingerprint density at radius 2 is 2.10 bits per heavy atom. The first-order chi connectivity index (χ1) is 9.90. The number of nitrogens with one attached hydrogen (secondary N) is 1. The van der Waals surface area contributed by atoms with Crippen molar-refractivity contribution in [1.82, 2.24) is 4.90 Å². The number of carboxylic acid groups (broad SMARTS) is 1. The smallest absolute Gasteiger partial charge is 0.338 e. The van der Waals surface area contributed by atoms with Crippen molar-refractivity contribution in [3.8, 4) is 0 Å². The van der Waals surface area contributed by atoms with Gasteiger partial charge in [0, 0.05) is 13.1 Å². The Kier molecular flexibility index (Phi) is 4.47. The lowest BCUT2D eigenvalue weighted by Crippen LogP contribution is -2.47. The van der Waals surface area contributed by atoms with Crippen LogP contribution >= 0.6 is 0 Å². The number of amides is 2. The van der Waals surface area contributed by atoms with Gasteiger partial charge in [0.05, 0.1) is 17.4 Å². The van der Waals surface area contributed by atoms with Gasteiger partial charge >= 0.3 is 12.0 Å². The molecular weight excluding hydrogens is 272 g/mol. The molecule has 0 bridgehead atoms. The number of carbonyl (C=O) groups excluding carboxylic acids is 1. The third-order valence-electron chi connectivity index (χ3n) is 3.93. The molecule has 114 valence electrons. The number of piperidine rings is 1. The number of aliphatic hydroxyl groups excluding tert-OH is 1. The Morgan fingerprint density at radius 3 is 2.71 bits per heavy atom. The van der Waals surface area contributed by atoms with E-state index in [9.17, 15) is 19.8 Å². The van der Waals surface area contributed by atoms with E-state index >= 15 is 0 Å². The molecule has 1 fully saturated rings. The van der Waals surface area contributed by atoms with Gasteiger partial charge in [-0.25, -0.2) is 9.59 Å². The maximum atomic E-state index is 12.2. The zero-order valence-electron chi connectivity index (χ0n) is 12.2. The number of nitrogens with zero attached hydrogens (tertiary/aromatic N) is 1. The highest BCUT2D eigenvalue weighted by atomic mass is 16.4. The number of likely N-dealkylation sites (tertiary alicyclic amines) is 1. The molecule has 21 heavy (non-hydrogen) atoms. The molecule has 1 aromatic carbocycles. The molecule has 0 saturated carbocycles. The number of urea groups is 1. The largest absolute Gasteiger partial charge is 0.478 e. The van der Waals surface area contributed by atoms with E-state index in [1.165, 1.54) is 4.90 Å². The molecule has 0 spiro atoms. The highest BCUT2D eigenvalue weighted by Gasteiger charge is 2.28. The Balaban J connectivity index is 2.13. The zero-order chi connectivity index (χ0) is 15.6. The van der Waals surface area contributed by atoms with Crippen molar-refractivity contribution in [2.24, 2.45) is 5.92 Å². The van der Waals surface area contributed by atoms with Crippen LogP contribution in [0.15, 0.2) is 18.2 Å². The van der Waals surface area contributed by atoms with Gasteiger partial charge in [0.1, 0.15) is 0 Å². The van der Waals surface area contributed by atoms with Crippen LogP contribution in [0.3, 0.4) is 0 Å². The summed E-state index contributed by atoms with van der Waals surface area (Å²) < 4.78 is 0. The molecule has 3 N–H and O–H groups in total. The molecule has 2 atom stereocenters. The average Bonchev–Trinajstić information content (AvgIpc) is 2.41. The van der Waals surface area contributed by atoms with Crippen molar-refractivity contribution < 1.29 is 19.8 Å². The van der Waals surface area contributed by atoms with Gasteiger partial charge in [-0.15, -0.1) is 0 Å². The standard InChI is InChI=1S/C15H20N2O4/c1-9-6-7-17(8-12(9)18)15(21)16-11-5-3-4-10(2)13(11)14(19)20/h3-5,9,12,18H,6-8H2,1-2H3,(H,16,21)(H,19,20). The number of hydrogen-bond acceptors (Lipinski definition) is 3. The first-order valence-electron chi connectivity index (χ1n) is 6.97. The van der Waals surface area contributed by atoms with Crippen molar-refractivity contribution in [1.29, 1.82) is 0 Å². The second-order valence-electron chi connectivity index (χ2n) is 5.51. The van der Waals surface area contributed by atoms with E-state index < -0.39 is 12.1 Å². The van der Waals surface area contributed by atoms with E-state index in [-0.39, 0.29) is 29.7 Å². The minimum Gasteiger partial charge on any atom is -0.478 e. The quantitative estimate of drug-likeness (QED) is 0.777. The fourth-order valence-corrected chi connectivity index (χ4v) is 2.48. The topological polar surface area (TPSA) is 89.9 Å². The predicted molar refractivity (Wildman–Crippen MR) is 78.5 cm³/mol. The third kappa shape index (κ3) is 3.33. The number of rotatable bonds is 2. The molecule has 1 aliphatic rings. The van der Waals surface area contributed by atoms with E-state index in [1.54, 1.807) is 25.1 Å². The number of benzene rings is 1. The maximum Gasteiger partial charge on any atom is 0.338 e. The Bertz CT molecular complexity index is 559. The number of aryl methyl sites for hydroxylation is 1. The van der Waals surface area contributed by atoms with Gasteiger partial charge in [-0.2, -0.15) is 0 Å². The first kappa shape index (κ1) is 15.3. The van der Waals surface area contributed by atoms with Crippen LogP contribution in [0.5, 0.6) is 0 Å². The van der Waals surface area contributed by atoms with Crippen molar-refractivity contribution in [2.45, 2.75) is 26.4 Å². The van der Waals surface area contributed by atoms with E-state index in [4.69, 9.17) is 0 Å². The summed E-state index contributed by atoms with van der Waals surface area (Å²) in [6.07, 6.45) is 0.190. The number of β-amino-alcohol motifs (C(OH)–C–C–N with tert-alkyl or cyclic N) is 1. The third-order valence-corrected chi connectivity index (χ3v) is 3.93. The van der Waals surface area contributed by atoms with Crippen LogP contribution in [-0.4, -0.2) is 46.3 Å². The number of carboxylic acids is 1. The molecule has 2 rings (SSSR count). The predicted octanol–water partition coefficient (Wildman–Crippen LogP) is 1.93. The van der Waals surface area contributed by atoms with Crippen LogP contribution in [0.2, 0.25) is 0 Å². The highest BCUT2D eigenvalue weighted by molar-refractivity contribution is 6.01. The van der Waals surface area contributed by atoms with Gasteiger partial charge < -0.3 is 20.4 Å². The summed E-state index contributed by atoms with van der Waals surface area (Å²) in [5, 5.41) is 21.7.